The fourth-order valence-electron chi connectivity index (χ4n) is 8.87. The van der Waals surface area contributed by atoms with Crippen LogP contribution in [0.4, 0.5) is 26.3 Å². The van der Waals surface area contributed by atoms with E-state index in [0.717, 1.165) is 72.1 Å². The second kappa shape index (κ2) is 20.4. The van der Waals surface area contributed by atoms with E-state index in [0.29, 0.717) is 27.7 Å². The highest BCUT2D eigenvalue weighted by Gasteiger charge is 2.30. The van der Waals surface area contributed by atoms with Crippen molar-refractivity contribution in [3.05, 3.63) is 177 Å². The molecule has 5 aromatic carbocycles. The van der Waals surface area contributed by atoms with E-state index in [-0.39, 0.29) is 63.4 Å². The Bertz CT molecular complexity index is 3580. The van der Waals surface area contributed by atoms with Crippen LogP contribution < -0.4 is 15.4 Å². The number of hydrogen-bond acceptors (Lipinski definition) is 8. The smallest absolute Gasteiger partial charge is 0.326 e. The van der Waals surface area contributed by atoms with Crippen molar-refractivity contribution in [1.29, 1.82) is 0 Å². The lowest BCUT2D eigenvalue weighted by molar-refractivity contribution is -0.140. The summed E-state index contributed by atoms with van der Waals surface area (Å²) in [5, 5.41) is 25.6. The lowest BCUT2D eigenvalue weighted by Crippen LogP contribution is -2.43. The number of aromatic nitrogens is 3. The van der Waals surface area contributed by atoms with Crippen LogP contribution in [0, 0.1) is 61.6 Å². The molecule has 8 aromatic rings. The quantitative estimate of drug-likeness (QED) is 0.0680. The fourth-order valence-corrected chi connectivity index (χ4v) is 8.87. The molecule has 2 amide bonds. The Balaban J connectivity index is 1.05. The van der Waals surface area contributed by atoms with Crippen molar-refractivity contribution in [2.75, 3.05) is 6.61 Å². The molecule has 0 saturated heterocycles. The molecule has 1 aliphatic carbocycles. The van der Waals surface area contributed by atoms with Crippen LogP contribution in [-0.4, -0.2) is 67.6 Å². The van der Waals surface area contributed by atoms with Crippen molar-refractivity contribution in [1.82, 2.24) is 25.6 Å². The zero-order valence-electron chi connectivity index (χ0n) is 39.6. The first-order chi connectivity index (χ1) is 35.4. The van der Waals surface area contributed by atoms with Crippen molar-refractivity contribution < 1.29 is 60.5 Å². The van der Waals surface area contributed by atoms with Gasteiger partial charge in [0.1, 0.15) is 52.2 Å². The Labute approximate surface area is 418 Å². The van der Waals surface area contributed by atoms with Gasteiger partial charge in [-0.15, -0.1) is 0 Å². The molecular formula is C56H43F6N5O7. The maximum absolute atomic E-state index is 16.2. The number of carboxylic acids is 2. The molecule has 3 aromatic heterocycles. The number of nitrogens with one attached hydrogen (secondary N) is 2. The summed E-state index contributed by atoms with van der Waals surface area (Å²) in [6.07, 6.45) is 3.65. The standard InChI is InChI=1S/C56H43F6N5O7/c1-26-16-27(2)50(65-28(26)3)36-14-12-30(34-6-5-15-63-51(34)36)20-45(55(70)71)67-54(69)49-43(61)18-32(19-44(49)62)33-17-37-31(21-46(56(72)73)66-53(68)48-39(57)7-4-8-40(48)58)11-13-35(52(37)64-24-33)38-22-41(59)42(60)23-47(38)74-25-29-9-10-29/h4-8,11-19,22-24,29,45-46H,9-10,20-21,25H2,1-3H3,(H,66,68)(H,67,69)(H,70,71)(H,72,73)/t45-,46-/m0/s1. The van der Waals surface area contributed by atoms with Gasteiger partial charge in [-0.25, -0.2) is 35.9 Å². The SMILES string of the molecule is Cc1cc(C)c(-c2ccc(C[C@H](NC(=O)c3c(F)cc(-c4cnc5c(-c6cc(F)c(F)cc6OCC6CC6)ccc(C[C@H](NC(=O)c6c(F)cccc6F)C(=O)O)c5c4)cc3F)C(=O)O)c3cccnc23)nc1C. The summed E-state index contributed by atoms with van der Waals surface area (Å²) in [4.78, 5) is 66.0. The van der Waals surface area contributed by atoms with Crippen LogP contribution in [0.25, 0.3) is 55.3 Å². The zero-order valence-corrected chi connectivity index (χ0v) is 39.6. The van der Waals surface area contributed by atoms with Crippen LogP contribution in [0.3, 0.4) is 0 Å². The van der Waals surface area contributed by atoms with Gasteiger partial charge in [-0.2, -0.15) is 0 Å². The van der Waals surface area contributed by atoms with Crippen LogP contribution >= 0.6 is 0 Å². The molecule has 18 heteroatoms. The Morgan fingerprint density at radius 1 is 0.608 bits per heavy atom. The van der Waals surface area contributed by atoms with Crippen LogP contribution in [-0.2, 0) is 22.4 Å². The highest BCUT2D eigenvalue weighted by Crippen LogP contribution is 2.40. The number of hydrogen-bond donors (Lipinski definition) is 4. The number of benzene rings is 5. The maximum atomic E-state index is 16.2. The van der Waals surface area contributed by atoms with E-state index in [1.54, 1.807) is 30.5 Å². The van der Waals surface area contributed by atoms with Crippen molar-refractivity contribution in [3.8, 4) is 39.3 Å². The Morgan fingerprint density at radius 3 is 1.81 bits per heavy atom. The van der Waals surface area contributed by atoms with Gasteiger partial charge in [-0.1, -0.05) is 42.5 Å². The van der Waals surface area contributed by atoms with Gasteiger partial charge in [-0.05, 0) is 110 Å². The Kier molecular flexibility index (Phi) is 13.9. The second-order valence-electron chi connectivity index (χ2n) is 18.2. The summed E-state index contributed by atoms with van der Waals surface area (Å²) in [6, 6.07) is 15.6. The highest BCUT2D eigenvalue weighted by molar-refractivity contribution is 6.02. The number of ether oxygens (including phenoxy) is 1. The van der Waals surface area contributed by atoms with E-state index < -0.39 is 88.3 Å². The number of pyridine rings is 3. The molecule has 0 radical (unpaired) electrons. The van der Waals surface area contributed by atoms with Gasteiger partial charge < -0.3 is 25.6 Å². The molecule has 4 N–H and O–H groups in total. The van der Waals surface area contributed by atoms with Gasteiger partial charge in [0.25, 0.3) is 11.8 Å². The summed E-state index contributed by atoms with van der Waals surface area (Å²) in [6.45, 7) is 5.95. The number of rotatable bonds is 16. The van der Waals surface area contributed by atoms with E-state index in [2.05, 4.69) is 20.6 Å². The minimum absolute atomic E-state index is 0.000899. The van der Waals surface area contributed by atoms with E-state index in [1.807, 2.05) is 26.8 Å². The number of nitrogens with zero attached hydrogens (tertiary/aromatic N) is 3. The van der Waals surface area contributed by atoms with Gasteiger partial charge in [0.05, 0.1) is 23.3 Å². The summed E-state index contributed by atoms with van der Waals surface area (Å²) in [5.74, 6) is -13.4. The number of aliphatic carboxylic acids is 2. The number of carbonyl (C=O) groups is 4. The minimum Gasteiger partial charge on any atom is -0.493 e. The normalized spacial score (nSPS) is 13.1. The largest absolute Gasteiger partial charge is 0.493 e. The average Bonchev–Trinajstić information content (AvgIpc) is 4.19. The molecule has 0 spiro atoms. The third kappa shape index (κ3) is 10.2. The first-order valence-electron chi connectivity index (χ1n) is 23.2. The highest BCUT2D eigenvalue weighted by atomic mass is 19.2. The predicted octanol–water partition coefficient (Wildman–Crippen LogP) is 10.6. The first-order valence-corrected chi connectivity index (χ1v) is 23.2. The maximum Gasteiger partial charge on any atom is 0.326 e. The minimum atomic E-state index is -1.83. The molecule has 1 saturated carbocycles. The Hall–Kier alpha value is -8.67. The summed E-state index contributed by atoms with van der Waals surface area (Å²) in [5.41, 5.74) is 3.14. The number of aryl methyl sites for hydroxylation is 3. The topological polar surface area (TPSA) is 181 Å². The van der Waals surface area contributed by atoms with E-state index in [9.17, 15) is 47.0 Å². The van der Waals surface area contributed by atoms with E-state index in [4.69, 9.17) is 9.72 Å². The van der Waals surface area contributed by atoms with Gasteiger partial charge in [0, 0.05) is 70.0 Å². The first kappa shape index (κ1) is 50.3. The van der Waals surface area contributed by atoms with Gasteiger partial charge >= 0.3 is 11.9 Å². The average molecular weight is 1010 g/mol. The summed E-state index contributed by atoms with van der Waals surface area (Å²) >= 11 is 0. The molecule has 2 atom stereocenters. The molecule has 0 unspecified atom stereocenters. The number of carbonyl (C=O) groups excluding carboxylic acids is 2. The monoisotopic (exact) mass is 1010 g/mol. The molecule has 1 aliphatic rings. The van der Waals surface area contributed by atoms with Gasteiger partial charge in [-0.3, -0.25) is 24.5 Å². The Morgan fingerprint density at radius 2 is 1.19 bits per heavy atom. The van der Waals surface area contributed by atoms with E-state index >= 15 is 8.78 Å². The van der Waals surface area contributed by atoms with Crippen molar-refractivity contribution in [3.63, 3.8) is 0 Å². The predicted molar refractivity (Wildman–Crippen MR) is 261 cm³/mol. The lowest BCUT2D eigenvalue weighted by Gasteiger charge is -2.19. The molecule has 3 heterocycles. The molecule has 9 rings (SSSR count). The molecule has 74 heavy (non-hydrogen) atoms. The van der Waals surface area contributed by atoms with Crippen LogP contribution in [0.1, 0.15) is 61.5 Å². The molecule has 1 fully saturated rings. The van der Waals surface area contributed by atoms with Crippen LogP contribution in [0.2, 0.25) is 0 Å². The lowest BCUT2D eigenvalue weighted by atomic mass is 9.92. The van der Waals surface area contributed by atoms with E-state index in [1.165, 1.54) is 24.4 Å². The van der Waals surface area contributed by atoms with Crippen LogP contribution in [0.15, 0.2) is 103 Å². The van der Waals surface area contributed by atoms with Crippen molar-refractivity contribution in [2.24, 2.45) is 5.92 Å². The number of fused-ring (bicyclic) bond motifs is 2. The molecule has 0 bridgehead atoms. The molecular weight excluding hydrogens is 969 g/mol. The molecule has 0 aliphatic heterocycles. The van der Waals surface area contributed by atoms with Crippen LogP contribution in [0.5, 0.6) is 5.75 Å². The number of carboxylic acid groups (broad SMARTS) is 2. The number of amides is 2. The second-order valence-corrected chi connectivity index (χ2v) is 18.2. The molecule has 376 valence electrons. The third-order valence-corrected chi connectivity index (χ3v) is 13.0. The third-order valence-electron chi connectivity index (χ3n) is 13.0. The van der Waals surface area contributed by atoms with Crippen molar-refractivity contribution in [2.45, 2.75) is 58.5 Å². The van der Waals surface area contributed by atoms with Gasteiger partial charge in [0.15, 0.2) is 11.6 Å². The van der Waals surface area contributed by atoms with Gasteiger partial charge in [0.2, 0.25) is 0 Å². The summed E-state index contributed by atoms with van der Waals surface area (Å²) in [7, 11) is 0. The molecule has 12 nitrogen and oxygen atoms in total. The number of halogens is 6. The summed E-state index contributed by atoms with van der Waals surface area (Å²) < 4.78 is 97.2. The fraction of sp³-hybridized carbons (Fsp3) is 0.196. The van der Waals surface area contributed by atoms with Crippen molar-refractivity contribution >= 4 is 45.6 Å². The zero-order chi connectivity index (χ0) is 52.7.